The van der Waals surface area contributed by atoms with Crippen molar-refractivity contribution in [2.45, 2.75) is 0 Å². The summed E-state index contributed by atoms with van der Waals surface area (Å²) in [4.78, 5) is 14.7. The van der Waals surface area contributed by atoms with Gasteiger partial charge in [-0.05, 0) is 18.2 Å². The van der Waals surface area contributed by atoms with Crippen molar-refractivity contribution in [3.05, 3.63) is 35.7 Å². The smallest absolute Gasteiger partial charge is 0.232 e. The van der Waals surface area contributed by atoms with E-state index >= 15 is 0 Å². The highest BCUT2D eigenvalue weighted by Crippen LogP contribution is 2.29. The van der Waals surface area contributed by atoms with E-state index in [0.29, 0.717) is 17.6 Å². The molecule has 5 heteroatoms. The van der Waals surface area contributed by atoms with Crippen LogP contribution in [0, 0.1) is 11.3 Å². The van der Waals surface area contributed by atoms with Gasteiger partial charge in [-0.15, -0.1) is 0 Å². The van der Waals surface area contributed by atoms with E-state index in [1.165, 1.54) is 19.4 Å². The molecule has 0 aliphatic rings. The molecule has 84 valence electrons. The normalized spacial score (nSPS) is 9.65. The molecule has 0 aliphatic heterocycles. The van der Waals surface area contributed by atoms with Gasteiger partial charge in [0.2, 0.25) is 5.88 Å². The highest BCUT2D eigenvalue weighted by atomic mass is 16.5. The predicted molar refractivity (Wildman–Crippen MR) is 58.6 cm³/mol. The quantitative estimate of drug-likeness (QED) is 0.751. The molecule has 0 saturated carbocycles. The number of hydrogen-bond acceptors (Lipinski definition) is 5. The Morgan fingerprint density at radius 3 is 2.94 bits per heavy atom. The summed E-state index contributed by atoms with van der Waals surface area (Å²) in [6.45, 7) is 0. The van der Waals surface area contributed by atoms with E-state index in [1.54, 1.807) is 12.1 Å². The van der Waals surface area contributed by atoms with Crippen LogP contribution < -0.4 is 4.74 Å². The number of nitrogens with zero attached hydrogens (tertiary/aromatic N) is 2. The largest absolute Gasteiger partial charge is 0.480 e. The van der Waals surface area contributed by atoms with E-state index in [0.717, 1.165) is 0 Å². The highest BCUT2D eigenvalue weighted by molar-refractivity contribution is 5.79. The van der Waals surface area contributed by atoms with Crippen LogP contribution in [0.25, 0.3) is 11.3 Å². The van der Waals surface area contributed by atoms with Crippen LogP contribution in [0.2, 0.25) is 0 Å². The van der Waals surface area contributed by atoms with Gasteiger partial charge in [0.1, 0.15) is 23.1 Å². The average molecular weight is 228 g/mol. The molecule has 0 saturated heterocycles. The number of furan rings is 1. The molecule has 0 radical (unpaired) electrons. The molecule has 0 unspecified atom stereocenters. The maximum Gasteiger partial charge on any atom is 0.232 e. The van der Waals surface area contributed by atoms with Gasteiger partial charge in [-0.3, -0.25) is 4.79 Å². The minimum absolute atomic E-state index is 0.114. The van der Waals surface area contributed by atoms with Crippen molar-refractivity contribution < 1.29 is 13.9 Å². The molecular formula is C12H8N2O3. The molecule has 5 nitrogen and oxygen atoms in total. The first-order valence-electron chi connectivity index (χ1n) is 4.78. The zero-order valence-corrected chi connectivity index (χ0v) is 9.01. The van der Waals surface area contributed by atoms with E-state index in [2.05, 4.69) is 4.98 Å². The van der Waals surface area contributed by atoms with E-state index in [-0.39, 0.29) is 17.1 Å². The molecule has 0 fully saturated rings. The van der Waals surface area contributed by atoms with Gasteiger partial charge in [-0.25, -0.2) is 4.98 Å². The first-order valence-corrected chi connectivity index (χ1v) is 4.78. The zero-order valence-electron chi connectivity index (χ0n) is 9.01. The topological polar surface area (TPSA) is 76.1 Å². The first-order chi connectivity index (χ1) is 8.30. The summed E-state index contributed by atoms with van der Waals surface area (Å²) in [5.41, 5.74) is 0.923. The van der Waals surface area contributed by atoms with E-state index in [4.69, 9.17) is 14.4 Å². The maximum absolute atomic E-state index is 10.8. The Hall–Kier alpha value is -2.61. The second kappa shape index (κ2) is 4.49. The average Bonchev–Trinajstić information content (AvgIpc) is 2.90. The molecule has 2 heterocycles. The molecule has 0 N–H and O–H groups in total. The van der Waals surface area contributed by atoms with Gasteiger partial charge in [-0.2, -0.15) is 5.26 Å². The Kier molecular flexibility index (Phi) is 2.88. The van der Waals surface area contributed by atoms with Crippen molar-refractivity contribution in [2.24, 2.45) is 0 Å². The minimum Gasteiger partial charge on any atom is -0.480 e. The molecule has 2 aromatic heterocycles. The number of nitriles is 1. The predicted octanol–water partition coefficient (Wildman–Crippen LogP) is 2.03. The van der Waals surface area contributed by atoms with Crippen LogP contribution in [0.1, 0.15) is 16.1 Å². The number of carbonyl (C=O) groups is 1. The molecule has 2 aromatic rings. The number of methoxy groups -OCH3 is 1. The van der Waals surface area contributed by atoms with Gasteiger partial charge in [-0.1, -0.05) is 0 Å². The van der Waals surface area contributed by atoms with Crippen molar-refractivity contribution in [1.29, 1.82) is 5.26 Å². The molecule has 0 bridgehead atoms. The SMILES string of the molecule is COc1nc(C=O)cc(-c2ccco2)c1C#N. The number of pyridine rings is 1. The van der Waals surface area contributed by atoms with Crippen molar-refractivity contribution in [2.75, 3.05) is 7.11 Å². The van der Waals surface area contributed by atoms with E-state index in [9.17, 15) is 4.79 Å². The summed E-state index contributed by atoms with van der Waals surface area (Å²) in [6.07, 6.45) is 2.08. The summed E-state index contributed by atoms with van der Waals surface area (Å²) >= 11 is 0. The van der Waals surface area contributed by atoms with Crippen LogP contribution in [-0.2, 0) is 0 Å². The lowest BCUT2D eigenvalue weighted by atomic mass is 10.1. The second-order valence-electron chi connectivity index (χ2n) is 3.19. The van der Waals surface area contributed by atoms with Gasteiger partial charge >= 0.3 is 0 Å². The van der Waals surface area contributed by atoms with Crippen molar-refractivity contribution >= 4 is 6.29 Å². The first kappa shape index (κ1) is 10.9. The van der Waals surface area contributed by atoms with Crippen LogP contribution in [0.4, 0.5) is 0 Å². The third kappa shape index (κ3) is 1.88. The number of aromatic nitrogens is 1. The summed E-state index contributed by atoms with van der Waals surface area (Å²) in [7, 11) is 1.39. The fourth-order valence-corrected chi connectivity index (χ4v) is 1.48. The van der Waals surface area contributed by atoms with Crippen LogP contribution in [0.15, 0.2) is 28.9 Å². The molecule has 2 rings (SSSR count). The highest BCUT2D eigenvalue weighted by Gasteiger charge is 2.16. The maximum atomic E-state index is 10.8. The zero-order chi connectivity index (χ0) is 12.3. The van der Waals surface area contributed by atoms with Crippen LogP contribution >= 0.6 is 0 Å². The molecule has 0 spiro atoms. The van der Waals surface area contributed by atoms with E-state index < -0.39 is 0 Å². The molecule has 0 aliphatic carbocycles. The monoisotopic (exact) mass is 228 g/mol. The van der Waals surface area contributed by atoms with Crippen molar-refractivity contribution in [3.8, 4) is 23.3 Å². The lowest BCUT2D eigenvalue weighted by molar-refractivity contribution is 0.111. The summed E-state index contributed by atoms with van der Waals surface area (Å²) < 4.78 is 10.2. The van der Waals surface area contributed by atoms with Gasteiger partial charge in [0.05, 0.1) is 13.4 Å². The lowest BCUT2D eigenvalue weighted by Crippen LogP contribution is -1.98. The Morgan fingerprint density at radius 1 is 1.59 bits per heavy atom. The molecule has 0 aromatic carbocycles. The van der Waals surface area contributed by atoms with E-state index in [1.807, 2.05) is 6.07 Å². The Balaban J connectivity index is 2.72. The lowest BCUT2D eigenvalue weighted by Gasteiger charge is -2.06. The standard InChI is InChI=1S/C12H8N2O3/c1-16-12-10(6-13)9(5-8(7-15)14-12)11-3-2-4-17-11/h2-5,7H,1H3. The van der Waals surface area contributed by atoms with Gasteiger partial charge in [0, 0.05) is 5.56 Å². The molecule has 17 heavy (non-hydrogen) atoms. The van der Waals surface area contributed by atoms with Crippen LogP contribution in [0.5, 0.6) is 5.88 Å². The minimum atomic E-state index is 0.114. The van der Waals surface area contributed by atoms with Gasteiger partial charge in [0.25, 0.3) is 0 Å². The van der Waals surface area contributed by atoms with Crippen LogP contribution in [0.3, 0.4) is 0 Å². The van der Waals surface area contributed by atoms with Crippen molar-refractivity contribution in [3.63, 3.8) is 0 Å². The third-order valence-corrected chi connectivity index (χ3v) is 2.22. The summed E-state index contributed by atoms with van der Waals surface area (Å²) in [6, 6.07) is 6.88. The number of aldehydes is 1. The third-order valence-electron chi connectivity index (χ3n) is 2.22. The van der Waals surface area contributed by atoms with Crippen LogP contribution in [-0.4, -0.2) is 18.4 Å². The Morgan fingerprint density at radius 2 is 2.41 bits per heavy atom. The van der Waals surface area contributed by atoms with Crippen molar-refractivity contribution in [1.82, 2.24) is 4.98 Å². The molecule has 0 atom stereocenters. The Bertz CT molecular complexity index is 583. The fourth-order valence-electron chi connectivity index (χ4n) is 1.48. The van der Waals surface area contributed by atoms with Gasteiger partial charge in [0.15, 0.2) is 6.29 Å². The number of hydrogen-bond donors (Lipinski definition) is 0. The second-order valence-corrected chi connectivity index (χ2v) is 3.19. The fraction of sp³-hybridized carbons (Fsp3) is 0.0833. The number of carbonyl (C=O) groups excluding carboxylic acids is 1. The summed E-state index contributed by atoms with van der Waals surface area (Å²) in [5, 5.41) is 9.09. The van der Waals surface area contributed by atoms with Gasteiger partial charge < -0.3 is 9.15 Å². The number of ether oxygens (including phenoxy) is 1. The Labute approximate surface area is 97.3 Å². The molecular weight excluding hydrogens is 220 g/mol. The molecule has 0 amide bonds. The summed E-state index contributed by atoms with van der Waals surface area (Å²) in [5.74, 6) is 0.605. The number of rotatable bonds is 3.